The summed E-state index contributed by atoms with van der Waals surface area (Å²) >= 11 is 0. The zero-order chi connectivity index (χ0) is 14.8. The van der Waals surface area contributed by atoms with Crippen LogP contribution in [0.4, 0.5) is 5.95 Å². The number of aromatic nitrogens is 2. The minimum absolute atomic E-state index is 0.0196. The number of hydrogen-bond donors (Lipinski definition) is 1. The molecule has 106 valence electrons. The summed E-state index contributed by atoms with van der Waals surface area (Å²) in [6.45, 7) is -0.408. The molecule has 1 N–H and O–H groups in total. The van der Waals surface area contributed by atoms with E-state index < -0.39 is 28.4 Å². The van der Waals surface area contributed by atoms with Crippen LogP contribution in [0, 0.1) is 11.3 Å². The van der Waals surface area contributed by atoms with Gasteiger partial charge in [-0.25, -0.2) is 18.4 Å². The number of carboxylic acid groups (broad SMARTS) is 1. The van der Waals surface area contributed by atoms with Crippen molar-refractivity contribution in [2.45, 2.75) is 12.5 Å². The van der Waals surface area contributed by atoms with Gasteiger partial charge in [-0.15, -0.1) is 0 Å². The number of carbonyl (C=O) groups is 1. The first-order valence-corrected chi connectivity index (χ1v) is 7.65. The molecule has 0 saturated carbocycles. The quantitative estimate of drug-likeness (QED) is 0.783. The smallest absolute Gasteiger partial charge is 0.323 e. The average molecular weight is 296 g/mol. The number of anilines is 1. The van der Waals surface area contributed by atoms with E-state index in [0.29, 0.717) is 6.42 Å². The van der Waals surface area contributed by atoms with Crippen LogP contribution in [-0.4, -0.2) is 53.6 Å². The summed E-state index contributed by atoms with van der Waals surface area (Å²) in [6.07, 6.45) is 1.68. The lowest BCUT2D eigenvalue weighted by atomic mass is 10.2. The fraction of sp³-hybridized carbons (Fsp3) is 0.455. The number of aliphatic carboxylic acids is 1. The number of carboxylic acids is 1. The highest BCUT2D eigenvalue weighted by Gasteiger charge is 2.34. The van der Waals surface area contributed by atoms with Crippen LogP contribution in [0.2, 0.25) is 0 Å². The van der Waals surface area contributed by atoms with Crippen LogP contribution >= 0.6 is 0 Å². The predicted octanol–water partition coefficient (Wildman–Crippen LogP) is -0.574. The molecule has 0 bridgehead atoms. The number of nitrogens with zero attached hydrogens (tertiary/aromatic N) is 4. The van der Waals surface area contributed by atoms with Gasteiger partial charge in [-0.3, -0.25) is 4.79 Å². The molecule has 0 amide bonds. The number of nitriles is 1. The Labute approximate surface area is 115 Å². The Hall–Kier alpha value is -2.21. The first-order valence-electron chi connectivity index (χ1n) is 5.83. The van der Waals surface area contributed by atoms with E-state index in [0.717, 1.165) is 0 Å². The van der Waals surface area contributed by atoms with Gasteiger partial charge >= 0.3 is 5.97 Å². The third kappa shape index (κ3) is 3.21. The van der Waals surface area contributed by atoms with Crippen molar-refractivity contribution in [3.63, 3.8) is 0 Å². The topological polar surface area (TPSA) is 124 Å². The zero-order valence-corrected chi connectivity index (χ0v) is 11.2. The van der Waals surface area contributed by atoms with E-state index in [1.54, 1.807) is 0 Å². The average Bonchev–Trinajstić information content (AvgIpc) is 2.76. The predicted molar refractivity (Wildman–Crippen MR) is 68.8 cm³/mol. The van der Waals surface area contributed by atoms with Crippen molar-refractivity contribution in [3.05, 3.63) is 18.0 Å². The molecule has 0 aromatic carbocycles. The summed E-state index contributed by atoms with van der Waals surface area (Å²) in [5, 5.41) is 17.8. The van der Waals surface area contributed by atoms with Crippen molar-refractivity contribution in [1.29, 1.82) is 5.26 Å². The van der Waals surface area contributed by atoms with Crippen LogP contribution in [0.3, 0.4) is 0 Å². The van der Waals surface area contributed by atoms with Gasteiger partial charge in [0, 0.05) is 12.2 Å². The summed E-state index contributed by atoms with van der Waals surface area (Å²) < 4.78 is 23.0. The van der Waals surface area contributed by atoms with Crippen molar-refractivity contribution in [2.24, 2.45) is 0 Å². The Morgan fingerprint density at radius 2 is 2.35 bits per heavy atom. The standard InChI is InChI=1S/C11H12N4O4S/c12-5-8-1-3-13-11(14-8)15(6-10(16)17)9-2-4-20(18,19)7-9/h1,3,9H,2,4,6-7H2,(H,16,17). The molecule has 0 radical (unpaired) electrons. The fourth-order valence-corrected chi connectivity index (χ4v) is 3.81. The highest BCUT2D eigenvalue weighted by molar-refractivity contribution is 7.91. The largest absolute Gasteiger partial charge is 0.480 e. The minimum atomic E-state index is -3.16. The maximum Gasteiger partial charge on any atom is 0.323 e. The van der Waals surface area contributed by atoms with Crippen molar-refractivity contribution < 1.29 is 18.3 Å². The zero-order valence-electron chi connectivity index (χ0n) is 10.4. The molecule has 1 aromatic heterocycles. The van der Waals surface area contributed by atoms with Crippen molar-refractivity contribution in [1.82, 2.24) is 9.97 Å². The van der Waals surface area contributed by atoms with Crippen LogP contribution in [0.1, 0.15) is 12.1 Å². The summed E-state index contributed by atoms with van der Waals surface area (Å²) in [6, 6.07) is 2.75. The normalized spacial score (nSPS) is 20.2. The highest BCUT2D eigenvalue weighted by Crippen LogP contribution is 2.21. The van der Waals surface area contributed by atoms with E-state index in [-0.39, 0.29) is 23.1 Å². The molecule has 8 nitrogen and oxygen atoms in total. The molecule has 2 rings (SSSR count). The molecule has 1 fully saturated rings. The summed E-state index contributed by atoms with van der Waals surface area (Å²) in [5.41, 5.74) is 0.103. The third-order valence-corrected chi connectivity index (χ3v) is 4.72. The van der Waals surface area contributed by atoms with E-state index in [9.17, 15) is 13.2 Å². The second-order valence-electron chi connectivity index (χ2n) is 4.43. The fourth-order valence-electron chi connectivity index (χ4n) is 2.08. The molecule has 9 heteroatoms. The lowest BCUT2D eigenvalue weighted by Crippen LogP contribution is -2.41. The molecular formula is C11H12N4O4S. The Bertz CT molecular complexity index is 667. The number of hydrogen-bond acceptors (Lipinski definition) is 7. The Kier molecular flexibility index (Phi) is 3.85. The molecule has 0 spiro atoms. The van der Waals surface area contributed by atoms with Crippen LogP contribution in [0.25, 0.3) is 0 Å². The van der Waals surface area contributed by atoms with Gasteiger partial charge in [0.1, 0.15) is 18.3 Å². The first-order chi connectivity index (χ1) is 9.41. The van der Waals surface area contributed by atoms with E-state index in [4.69, 9.17) is 10.4 Å². The molecule has 1 atom stereocenters. The van der Waals surface area contributed by atoms with E-state index in [1.807, 2.05) is 6.07 Å². The van der Waals surface area contributed by atoms with Gasteiger partial charge in [-0.05, 0) is 12.5 Å². The van der Waals surface area contributed by atoms with Gasteiger partial charge in [0.05, 0.1) is 11.5 Å². The monoisotopic (exact) mass is 296 g/mol. The van der Waals surface area contributed by atoms with E-state index in [1.165, 1.54) is 17.2 Å². The lowest BCUT2D eigenvalue weighted by Gasteiger charge is -2.26. The second kappa shape index (κ2) is 5.42. The van der Waals surface area contributed by atoms with Crippen molar-refractivity contribution >= 4 is 21.8 Å². The molecule has 1 aliphatic heterocycles. The molecular weight excluding hydrogens is 284 g/mol. The van der Waals surface area contributed by atoms with Crippen LogP contribution in [-0.2, 0) is 14.6 Å². The number of sulfone groups is 1. The van der Waals surface area contributed by atoms with Gasteiger partial charge in [0.25, 0.3) is 0 Å². The Morgan fingerprint density at radius 1 is 1.60 bits per heavy atom. The molecule has 1 saturated heterocycles. The van der Waals surface area contributed by atoms with Crippen LogP contribution < -0.4 is 4.90 Å². The van der Waals surface area contributed by atoms with Gasteiger partial charge in [0.15, 0.2) is 9.84 Å². The van der Waals surface area contributed by atoms with Crippen molar-refractivity contribution in [3.8, 4) is 6.07 Å². The molecule has 1 aliphatic rings. The van der Waals surface area contributed by atoms with E-state index >= 15 is 0 Å². The molecule has 1 unspecified atom stereocenters. The van der Waals surface area contributed by atoms with Crippen molar-refractivity contribution in [2.75, 3.05) is 23.0 Å². The Balaban J connectivity index is 2.32. The Morgan fingerprint density at radius 3 is 2.90 bits per heavy atom. The molecule has 20 heavy (non-hydrogen) atoms. The highest BCUT2D eigenvalue weighted by atomic mass is 32.2. The van der Waals surface area contributed by atoms with E-state index in [2.05, 4.69) is 9.97 Å². The summed E-state index contributed by atoms with van der Waals surface area (Å²) in [4.78, 5) is 20.1. The van der Waals surface area contributed by atoms with Gasteiger partial charge in [0.2, 0.25) is 5.95 Å². The minimum Gasteiger partial charge on any atom is -0.480 e. The summed E-state index contributed by atoms with van der Waals surface area (Å²) in [5.74, 6) is -1.15. The van der Waals surface area contributed by atoms with Gasteiger partial charge in [-0.1, -0.05) is 0 Å². The maximum absolute atomic E-state index is 11.5. The molecule has 2 heterocycles. The first kappa shape index (κ1) is 14.2. The second-order valence-corrected chi connectivity index (χ2v) is 6.66. The number of rotatable bonds is 4. The lowest BCUT2D eigenvalue weighted by molar-refractivity contribution is -0.135. The maximum atomic E-state index is 11.5. The van der Waals surface area contributed by atoms with Crippen LogP contribution in [0.5, 0.6) is 0 Å². The SMILES string of the molecule is N#Cc1ccnc(N(CC(=O)O)C2CCS(=O)(=O)C2)n1. The third-order valence-electron chi connectivity index (χ3n) is 2.97. The van der Waals surface area contributed by atoms with Gasteiger partial charge < -0.3 is 10.0 Å². The molecule has 0 aliphatic carbocycles. The van der Waals surface area contributed by atoms with Gasteiger partial charge in [-0.2, -0.15) is 5.26 Å². The molecule has 1 aromatic rings. The van der Waals surface area contributed by atoms with Crippen LogP contribution in [0.15, 0.2) is 12.3 Å². The summed E-state index contributed by atoms with van der Waals surface area (Å²) in [7, 11) is -3.16.